The summed E-state index contributed by atoms with van der Waals surface area (Å²) in [6, 6.07) is 5.74. The van der Waals surface area contributed by atoms with E-state index in [9.17, 15) is 32.3 Å². The second kappa shape index (κ2) is 15.4. The number of alkyl halides is 3. The molecule has 4 rings (SSSR count). The van der Waals surface area contributed by atoms with Gasteiger partial charge in [0, 0.05) is 25.0 Å². The summed E-state index contributed by atoms with van der Waals surface area (Å²) in [5, 5.41) is 10.6. The summed E-state index contributed by atoms with van der Waals surface area (Å²) in [7, 11) is 0. The summed E-state index contributed by atoms with van der Waals surface area (Å²) in [6.07, 6.45) is 2.45. The Hall–Kier alpha value is -4.10. The van der Waals surface area contributed by atoms with Crippen molar-refractivity contribution in [3.05, 3.63) is 46.8 Å². The highest BCUT2D eigenvalue weighted by Gasteiger charge is 2.51. The number of fused-ring (bicyclic) bond motifs is 1. The van der Waals surface area contributed by atoms with Gasteiger partial charge < -0.3 is 25.0 Å². The minimum atomic E-state index is -4.81. The van der Waals surface area contributed by atoms with Crippen LogP contribution in [-0.2, 0) is 20.9 Å². The molecule has 11 nitrogen and oxygen atoms in total. The van der Waals surface area contributed by atoms with E-state index in [2.05, 4.69) is 27.9 Å². The van der Waals surface area contributed by atoms with Gasteiger partial charge in [-0.2, -0.15) is 13.2 Å². The molecule has 0 bridgehead atoms. The molecule has 14 heteroatoms. The van der Waals surface area contributed by atoms with E-state index in [4.69, 9.17) is 9.47 Å². The number of amides is 3. The summed E-state index contributed by atoms with van der Waals surface area (Å²) >= 11 is 0. The van der Waals surface area contributed by atoms with Crippen LogP contribution < -0.4 is 20.9 Å². The van der Waals surface area contributed by atoms with E-state index < -0.39 is 41.8 Å². The zero-order valence-electron chi connectivity index (χ0n) is 28.1. The Morgan fingerprint density at radius 3 is 2.52 bits per heavy atom. The van der Waals surface area contributed by atoms with Crippen molar-refractivity contribution in [1.29, 1.82) is 0 Å². The fraction of sp³-hybridized carbons (Fsp3) is 0.618. The van der Waals surface area contributed by atoms with Crippen LogP contribution >= 0.6 is 0 Å². The number of unbranched alkanes of at least 4 members (excludes halogenated alkanes) is 2. The lowest BCUT2D eigenvalue weighted by atomic mass is 9.94. The predicted molar refractivity (Wildman–Crippen MR) is 173 cm³/mol. The molecular formula is C34H46F3N5O6. The number of likely N-dealkylation sites (tertiary alicyclic amines) is 1. The lowest BCUT2D eigenvalue weighted by Crippen LogP contribution is -2.55. The van der Waals surface area contributed by atoms with Gasteiger partial charge in [-0.15, -0.1) is 5.10 Å². The quantitative estimate of drug-likeness (QED) is 0.152. The van der Waals surface area contributed by atoms with E-state index in [1.165, 1.54) is 4.68 Å². The van der Waals surface area contributed by atoms with Gasteiger partial charge in [-0.05, 0) is 77.3 Å². The Balaban J connectivity index is 1.44. The number of benzene rings is 1. The molecule has 2 aliphatic rings. The first-order valence-electron chi connectivity index (χ1n) is 16.6. The Bertz CT molecular complexity index is 1540. The average Bonchev–Trinajstić information content (AvgIpc) is 3.66. The number of allylic oxidation sites excluding steroid dienone is 1. The zero-order valence-corrected chi connectivity index (χ0v) is 28.1. The molecule has 2 N–H and O–H groups in total. The number of ether oxygens (including phenoxy) is 2. The molecule has 1 aliphatic carbocycles. The van der Waals surface area contributed by atoms with E-state index in [1.807, 2.05) is 6.92 Å². The van der Waals surface area contributed by atoms with Crippen LogP contribution in [0, 0.1) is 11.8 Å². The Morgan fingerprint density at radius 2 is 1.85 bits per heavy atom. The van der Waals surface area contributed by atoms with Gasteiger partial charge >= 0.3 is 12.3 Å². The summed E-state index contributed by atoms with van der Waals surface area (Å²) in [4.78, 5) is 51.7. The number of aryl methyl sites for hydroxylation is 1. The lowest BCUT2D eigenvalue weighted by molar-refractivity contribution is -0.244. The molecule has 1 aromatic heterocycles. The van der Waals surface area contributed by atoms with Crippen molar-refractivity contribution in [1.82, 2.24) is 25.3 Å². The number of hydrogen-bond acceptors (Lipinski definition) is 7. The van der Waals surface area contributed by atoms with Crippen molar-refractivity contribution < 1.29 is 37.0 Å². The molecule has 0 spiro atoms. The smallest absolute Gasteiger partial charge is 0.427 e. The number of halogens is 3. The van der Waals surface area contributed by atoms with Gasteiger partial charge in [-0.25, -0.2) is 9.48 Å². The normalized spacial score (nSPS) is 22.4. The highest BCUT2D eigenvalue weighted by atomic mass is 19.4. The Labute approximate surface area is 278 Å². The third kappa shape index (κ3) is 8.87. The van der Waals surface area contributed by atoms with Gasteiger partial charge in [-0.1, -0.05) is 37.6 Å². The van der Waals surface area contributed by atoms with Crippen LogP contribution in [0.3, 0.4) is 0 Å². The molecule has 48 heavy (non-hydrogen) atoms. The van der Waals surface area contributed by atoms with E-state index >= 15 is 0 Å². The second-order valence-corrected chi connectivity index (χ2v) is 13.3. The first-order chi connectivity index (χ1) is 22.7. The van der Waals surface area contributed by atoms with Crippen molar-refractivity contribution in [2.24, 2.45) is 11.8 Å². The highest BCUT2D eigenvalue weighted by molar-refractivity contribution is 5.87. The molecule has 3 amide bonds. The summed E-state index contributed by atoms with van der Waals surface area (Å²) < 4.78 is 52.8. The molecule has 1 aromatic carbocycles. The maximum absolute atomic E-state index is 14.0. The lowest BCUT2D eigenvalue weighted by Gasteiger charge is -2.32. The van der Waals surface area contributed by atoms with Crippen molar-refractivity contribution in [2.45, 2.75) is 116 Å². The van der Waals surface area contributed by atoms with E-state index in [0.29, 0.717) is 48.9 Å². The number of nitrogens with zero attached hydrogens (tertiary/aromatic N) is 3. The Kier molecular flexibility index (Phi) is 11.8. The number of aromatic nitrogens is 2. The fourth-order valence-corrected chi connectivity index (χ4v) is 5.98. The predicted octanol–water partition coefficient (Wildman–Crippen LogP) is 5.11. The van der Waals surface area contributed by atoms with Gasteiger partial charge in [0.2, 0.25) is 23.8 Å². The minimum Gasteiger partial charge on any atom is -0.471 e. The second-order valence-electron chi connectivity index (χ2n) is 13.3. The van der Waals surface area contributed by atoms with Crippen LogP contribution in [0.4, 0.5) is 18.0 Å². The minimum absolute atomic E-state index is 0.154. The molecule has 1 saturated heterocycles. The van der Waals surface area contributed by atoms with Crippen molar-refractivity contribution >= 4 is 29.2 Å². The fourth-order valence-electron chi connectivity index (χ4n) is 5.98. The van der Waals surface area contributed by atoms with Crippen molar-refractivity contribution in [2.75, 3.05) is 6.54 Å². The molecule has 1 aliphatic heterocycles. The van der Waals surface area contributed by atoms with Crippen molar-refractivity contribution in [3.8, 4) is 5.88 Å². The van der Waals surface area contributed by atoms with E-state index in [0.717, 1.165) is 33.1 Å². The summed E-state index contributed by atoms with van der Waals surface area (Å²) in [5.74, 6) is -0.249. The van der Waals surface area contributed by atoms with Gasteiger partial charge in [0.05, 0.1) is 17.3 Å². The Morgan fingerprint density at radius 1 is 1.15 bits per heavy atom. The van der Waals surface area contributed by atoms with Crippen LogP contribution in [0.1, 0.15) is 73.1 Å². The van der Waals surface area contributed by atoms with Crippen LogP contribution in [0.25, 0.3) is 10.8 Å². The molecule has 2 aromatic rings. The molecule has 2 fully saturated rings. The van der Waals surface area contributed by atoms with Crippen LogP contribution in [0.2, 0.25) is 0 Å². The zero-order chi connectivity index (χ0) is 35.2. The number of rotatable bonds is 15. The molecule has 6 atom stereocenters. The highest BCUT2D eigenvalue weighted by Crippen LogP contribution is 2.34. The van der Waals surface area contributed by atoms with Gasteiger partial charge in [0.15, 0.2) is 0 Å². The van der Waals surface area contributed by atoms with Crippen LogP contribution in [-0.4, -0.2) is 75.6 Å². The SMILES string of the molecule is CCn1nc(O[C@@H]2CC(C)N(C(=O)[C@@H](NC(=O)OC(C)(C)C(F)(F)F)C(C)CCCC/C=C\[C@@H]3CC3NC=O)C2)c2ccccc2c1=O. The molecule has 264 valence electrons. The average molecular weight is 678 g/mol. The number of carbonyl (C=O) groups excluding carboxylic acids is 3. The molecular weight excluding hydrogens is 631 g/mol. The largest absolute Gasteiger partial charge is 0.471 e. The van der Waals surface area contributed by atoms with Gasteiger partial charge in [0.25, 0.3) is 5.56 Å². The number of hydrogen-bond donors (Lipinski definition) is 2. The number of nitrogens with one attached hydrogen (secondary N) is 2. The number of alkyl carbamates (subject to hydrolysis) is 1. The van der Waals surface area contributed by atoms with Crippen LogP contribution in [0.15, 0.2) is 41.2 Å². The monoisotopic (exact) mass is 677 g/mol. The first kappa shape index (κ1) is 36.7. The standard InChI is InChI=1S/C34H46F3N5O6/c1-6-42-30(44)26-16-12-11-15-25(26)29(40-42)47-24-17-22(3)41(19-24)31(45)28(39-32(46)48-33(4,5)34(35,36)37)21(2)13-9-7-8-10-14-23-18-27(23)38-20-43/h10-12,14-16,20-24,27-28H,6-9,13,17-19H2,1-5H3,(H,38,43)(H,39,46)/b14-10-/t21?,22?,23-,24-,27?,28+/m1/s1. The maximum Gasteiger partial charge on any atom is 0.427 e. The van der Waals surface area contributed by atoms with Gasteiger partial charge in [-0.3, -0.25) is 14.4 Å². The van der Waals surface area contributed by atoms with Gasteiger partial charge in [0.1, 0.15) is 12.1 Å². The van der Waals surface area contributed by atoms with Crippen LogP contribution in [0.5, 0.6) is 5.88 Å². The number of carbonyl (C=O) groups is 3. The molecule has 0 radical (unpaired) electrons. The van der Waals surface area contributed by atoms with Crippen molar-refractivity contribution in [3.63, 3.8) is 0 Å². The van der Waals surface area contributed by atoms with E-state index in [1.54, 1.807) is 43.0 Å². The molecule has 3 unspecified atom stereocenters. The summed E-state index contributed by atoms with van der Waals surface area (Å²) in [6.45, 7) is 7.43. The maximum atomic E-state index is 14.0. The first-order valence-corrected chi connectivity index (χ1v) is 16.6. The third-order valence-electron chi connectivity index (χ3n) is 9.16. The molecule has 1 saturated carbocycles. The molecule has 2 heterocycles. The summed E-state index contributed by atoms with van der Waals surface area (Å²) in [5.41, 5.74) is -2.99. The topological polar surface area (TPSA) is 132 Å². The third-order valence-corrected chi connectivity index (χ3v) is 9.16. The van der Waals surface area contributed by atoms with E-state index in [-0.39, 0.29) is 30.1 Å².